The predicted octanol–water partition coefficient (Wildman–Crippen LogP) is 3.13. The van der Waals surface area contributed by atoms with Crippen molar-refractivity contribution in [1.82, 2.24) is 4.57 Å². The summed E-state index contributed by atoms with van der Waals surface area (Å²) in [5.74, 6) is 0. The molecule has 7 nitrogen and oxygen atoms in total. The molecule has 158 valence electrons. The van der Waals surface area contributed by atoms with Crippen LogP contribution < -0.4 is 5.46 Å². The first kappa shape index (κ1) is 21.9. The molecule has 0 amide bonds. The van der Waals surface area contributed by atoms with E-state index in [0.717, 1.165) is 6.26 Å². The summed E-state index contributed by atoms with van der Waals surface area (Å²) < 4.78 is 43.9. The summed E-state index contributed by atoms with van der Waals surface area (Å²) in [6, 6.07) is 4.88. The van der Waals surface area contributed by atoms with Crippen LogP contribution in [-0.4, -0.2) is 49.3 Å². The zero-order valence-corrected chi connectivity index (χ0v) is 19.0. The van der Waals surface area contributed by atoms with Gasteiger partial charge in [0.1, 0.15) is 5.60 Å². The summed E-state index contributed by atoms with van der Waals surface area (Å²) in [6.07, 6.45) is 2.00. The van der Waals surface area contributed by atoms with Crippen LogP contribution in [0, 0.1) is 0 Å². The number of rotatable bonds is 2. The van der Waals surface area contributed by atoms with Crippen LogP contribution in [0.1, 0.15) is 48.5 Å². The number of benzene rings is 1. The SMILES string of the molecule is CC(C)(C)OC(=O)n1cc(B2OC(C)(C)C(C)(C)O2)c2cccc(S(C)(=O)=O)c21. The molecule has 0 spiro atoms. The molecule has 9 heteroatoms. The number of fused-ring (bicyclic) bond motifs is 1. The second kappa shape index (κ2) is 6.58. The maximum Gasteiger partial charge on any atom is 0.497 e. The molecular formula is C20H28BNO6S. The molecule has 0 bridgehead atoms. The standard InChI is InChI=1S/C20H28BNO6S/c1-18(2,3)26-17(23)22-12-14(21-27-19(4,5)20(6,7)28-21)13-10-9-11-15(16(13)22)29(8,24)25/h9-12H,1-8H3. The lowest BCUT2D eigenvalue weighted by molar-refractivity contribution is 0.00578. The monoisotopic (exact) mass is 421 g/mol. The first-order valence-electron chi connectivity index (χ1n) is 9.46. The van der Waals surface area contributed by atoms with Gasteiger partial charge in [-0.05, 0) is 54.5 Å². The van der Waals surface area contributed by atoms with Gasteiger partial charge in [0.2, 0.25) is 0 Å². The largest absolute Gasteiger partial charge is 0.497 e. The number of hydrogen-bond donors (Lipinski definition) is 0. The summed E-state index contributed by atoms with van der Waals surface area (Å²) in [7, 11) is -4.34. The third-order valence-corrected chi connectivity index (χ3v) is 6.44. The molecular weight excluding hydrogens is 393 g/mol. The van der Waals surface area contributed by atoms with Crippen molar-refractivity contribution in [1.29, 1.82) is 0 Å². The molecule has 0 N–H and O–H groups in total. The summed E-state index contributed by atoms with van der Waals surface area (Å²) in [5, 5.41) is 0.567. The molecule has 1 aliphatic heterocycles. The van der Waals surface area contributed by atoms with Gasteiger partial charge in [0.25, 0.3) is 0 Å². The fraction of sp³-hybridized carbons (Fsp3) is 0.550. The lowest BCUT2D eigenvalue weighted by atomic mass is 9.79. The average molecular weight is 421 g/mol. The number of carbonyl (C=O) groups is 1. The Bertz CT molecular complexity index is 1060. The predicted molar refractivity (Wildman–Crippen MR) is 112 cm³/mol. The van der Waals surface area contributed by atoms with E-state index < -0.39 is 39.9 Å². The molecule has 0 unspecified atom stereocenters. The minimum absolute atomic E-state index is 0.0450. The van der Waals surface area contributed by atoms with Crippen LogP contribution in [0.15, 0.2) is 29.3 Å². The highest BCUT2D eigenvalue weighted by atomic mass is 32.2. The van der Waals surface area contributed by atoms with Crippen LogP contribution >= 0.6 is 0 Å². The van der Waals surface area contributed by atoms with Gasteiger partial charge in [-0.2, -0.15) is 0 Å². The van der Waals surface area contributed by atoms with Gasteiger partial charge < -0.3 is 14.0 Å². The Labute approximate surface area is 172 Å². The van der Waals surface area contributed by atoms with Gasteiger partial charge >= 0.3 is 13.2 Å². The van der Waals surface area contributed by atoms with E-state index in [1.165, 1.54) is 10.6 Å². The second-order valence-corrected chi connectivity index (χ2v) is 11.4. The van der Waals surface area contributed by atoms with E-state index in [4.69, 9.17) is 14.0 Å². The van der Waals surface area contributed by atoms with Crippen LogP contribution in [0.4, 0.5) is 4.79 Å². The Morgan fingerprint density at radius 2 is 1.66 bits per heavy atom. The van der Waals surface area contributed by atoms with E-state index in [9.17, 15) is 13.2 Å². The van der Waals surface area contributed by atoms with Crippen LogP contribution in [0.5, 0.6) is 0 Å². The summed E-state index contributed by atoms with van der Waals surface area (Å²) >= 11 is 0. The quantitative estimate of drug-likeness (QED) is 0.693. The maximum atomic E-state index is 12.9. The molecule has 1 aromatic carbocycles. The molecule has 1 saturated heterocycles. The minimum atomic E-state index is -3.60. The molecule has 0 aliphatic carbocycles. The van der Waals surface area contributed by atoms with E-state index >= 15 is 0 Å². The third kappa shape index (κ3) is 3.95. The van der Waals surface area contributed by atoms with Crippen LogP contribution in [0.25, 0.3) is 10.9 Å². The average Bonchev–Trinajstić information content (AvgIpc) is 2.99. The van der Waals surface area contributed by atoms with E-state index in [1.54, 1.807) is 39.1 Å². The Morgan fingerprint density at radius 1 is 1.10 bits per heavy atom. The highest BCUT2D eigenvalue weighted by Crippen LogP contribution is 2.37. The normalized spacial score (nSPS) is 19.0. The van der Waals surface area contributed by atoms with Crippen LogP contribution in [-0.2, 0) is 23.9 Å². The molecule has 29 heavy (non-hydrogen) atoms. The van der Waals surface area contributed by atoms with Crippen molar-refractivity contribution in [2.45, 2.75) is 70.2 Å². The highest BCUT2D eigenvalue weighted by molar-refractivity contribution is 7.91. The number of hydrogen-bond acceptors (Lipinski definition) is 6. The Hall–Kier alpha value is -1.84. The van der Waals surface area contributed by atoms with Crippen LogP contribution in [0.2, 0.25) is 0 Å². The fourth-order valence-corrected chi connectivity index (χ4v) is 4.07. The lowest BCUT2D eigenvalue weighted by Gasteiger charge is -2.32. The summed E-state index contributed by atoms with van der Waals surface area (Å²) in [5.41, 5.74) is -1.05. The van der Waals surface area contributed by atoms with E-state index in [2.05, 4.69) is 0 Å². The Morgan fingerprint density at radius 3 is 2.14 bits per heavy atom. The number of ether oxygens (including phenoxy) is 1. The molecule has 2 aromatic rings. The molecule has 1 aliphatic rings. The first-order valence-corrected chi connectivity index (χ1v) is 11.4. The number of para-hydroxylation sites is 1. The van der Waals surface area contributed by atoms with Crippen molar-refractivity contribution >= 4 is 39.4 Å². The Balaban J connectivity index is 2.25. The van der Waals surface area contributed by atoms with Crippen molar-refractivity contribution in [3.8, 4) is 0 Å². The molecule has 0 radical (unpaired) electrons. The van der Waals surface area contributed by atoms with Gasteiger partial charge in [-0.3, -0.25) is 4.57 Å². The van der Waals surface area contributed by atoms with Crippen LogP contribution in [0.3, 0.4) is 0 Å². The fourth-order valence-electron chi connectivity index (χ4n) is 3.19. The highest BCUT2D eigenvalue weighted by Gasteiger charge is 2.52. The molecule has 0 saturated carbocycles. The van der Waals surface area contributed by atoms with E-state index in [1.807, 2.05) is 27.7 Å². The van der Waals surface area contributed by atoms with Gasteiger partial charge in [0, 0.05) is 23.3 Å². The topological polar surface area (TPSA) is 83.8 Å². The van der Waals surface area contributed by atoms with Crippen molar-refractivity contribution in [2.75, 3.05) is 6.26 Å². The number of aromatic nitrogens is 1. The van der Waals surface area contributed by atoms with Crippen molar-refractivity contribution in [3.63, 3.8) is 0 Å². The number of sulfone groups is 1. The molecule has 2 heterocycles. The van der Waals surface area contributed by atoms with Crippen molar-refractivity contribution in [2.24, 2.45) is 0 Å². The van der Waals surface area contributed by atoms with Gasteiger partial charge in [-0.25, -0.2) is 13.2 Å². The Kier molecular flexibility index (Phi) is 4.96. The van der Waals surface area contributed by atoms with E-state index in [0.29, 0.717) is 10.8 Å². The van der Waals surface area contributed by atoms with Crippen molar-refractivity contribution in [3.05, 3.63) is 24.4 Å². The minimum Gasteiger partial charge on any atom is -0.443 e. The zero-order chi connectivity index (χ0) is 22.0. The number of nitrogens with zero attached hydrogens (tertiary/aromatic N) is 1. The van der Waals surface area contributed by atoms with Crippen molar-refractivity contribution < 1.29 is 27.3 Å². The smallest absolute Gasteiger partial charge is 0.443 e. The van der Waals surface area contributed by atoms with E-state index in [-0.39, 0.29) is 10.4 Å². The van der Waals surface area contributed by atoms with Gasteiger partial charge in [-0.1, -0.05) is 12.1 Å². The molecule has 1 aromatic heterocycles. The first-order chi connectivity index (χ1) is 13.0. The van der Waals surface area contributed by atoms with Gasteiger partial charge in [0.15, 0.2) is 9.84 Å². The zero-order valence-electron chi connectivity index (χ0n) is 18.2. The van der Waals surface area contributed by atoms with Gasteiger partial charge in [0.05, 0.1) is 21.6 Å². The molecule has 0 atom stereocenters. The maximum absolute atomic E-state index is 12.9. The molecule has 1 fully saturated rings. The second-order valence-electron chi connectivity index (χ2n) is 9.45. The summed E-state index contributed by atoms with van der Waals surface area (Å²) in [4.78, 5) is 12.9. The lowest BCUT2D eigenvalue weighted by Crippen LogP contribution is -2.41. The summed E-state index contributed by atoms with van der Waals surface area (Å²) in [6.45, 7) is 13.0. The third-order valence-electron chi connectivity index (χ3n) is 5.32. The molecule has 3 rings (SSSR count). The van der Waals surface area contributed by atoms with Gasteiger partial charge in [-0.15, -0.1) is 0 Å². The number of carbonyl (C=O) groups excluding carboxylic acids is 1.